The molecule has 1 aromatic heterocycles. The van der Waals surface area contributed by atoms with Crippen LogP contribution in [0, 0.1) is 0 Å². The van der Waals surface area contributed by atoms with Crippen LogP contribution in [0.1, 0.15) is 49.9 Å². The minimum atomic E-state index is 0.381. The molecule has 1 heterocycles. The van der Waals surface area contributed by atoms with Gasteiger partial charge >= 0.3 is 0 Å². The lowest BCUT2D eigenvalue weighted by atomic mass is 9.94. The fourth-order valence-electron chi connectivity index (χ4n) is 2.64. The third-order valence-corrected chi connectivity index (χ3v) is 5.00. The average Bonchev–Trinajstić information content (AvgIpc) is 2.46. The summed E-state index contributed by atoms with van der Waals surface area (Å²) in [6.45, 7) is 4.39. The van der Waals surface area contributed by atoms with Crippen LogP contribution in [0.5, 0.6) is 0 Å². The molecule has 21 heavy (non-hydrogen) atoms. The summed E-state index contributed by atoms with van der Waals surface area (Å²) in [6.07, 6.45) is 5.76. The Bertz CT molecular complexity index is 503. The number of aryl methyl sites for hydroxylation is 2. The molecule has 2 rings (SSSR count). The van der Waals surface area contributed by atoms with Crippen LogP contribution in [0.3, 0.4) is 0 Å². The highest BCUT2D eigenvalue weighted by Gasteiger charge is 2.17. The summed E-state index contributed by atoms with van der Waals surface area (Å²) < 4.78 is 0. The zero-order valence-electron chi connectivity index (χ0n) is 12.9. The highest BCUT2D eigenvalue weighted by molar-refractivity contribution is 7.99. The van der Waals surface area contributed by atoms with Crippen LogP contribution in [-0.4, -0.2) is 27.5 Å². The number of fused-ring (bicyclic) bond motifs is 1. The Hall–Kier alpha value is -0.810. The first-order valence-electron chi connectivity index (χ1n) is 7.78. The van der Waals surface area contributed by atoms with Crippen LogP contribution in [0.4, 0.5) is 5.82 Å². The Morgan fingerprint density at radius 2 is 2.24 bits per heavy atom. The molecule has 0 saturated carbocycles. The van der Waals surface area contributed by atoms with Gasteiger partial charge in [-0.05, 0) is 62.2 Å². The lowest BCUT2D eigenvalue weighted by molar-refractivity contribution is 0.666. The monoisotopic (exact) mass is 323 g/mol. The minimum absolute atomic E-state index is 0.381. The van der Waals surface area contributed by atoms with Gasteiger partial charge in [-0.1, -0.05) is 19.1 Å². The van der Waals surface area contributed by atoms with Crippen molar-refractivity contribution in [3.63, 3.8) is 0 Å². The van der Waals surface area contributed by atoms with E-state index in [4.69, 9.17) is 22.9 Å². The van der Waals surface area contributed by atoms with E-state index < -0.39 is 0 Å². The highest BCUT2D eigenvalue weighted by atomic mass is 32.2. The van der Waals surface area contributed by atoms with Gasteiger partial charge < -0.3 is 11.1 Å². The number of anilines is 1. The third kappa shape index (κ3) is 4.58. The van der Waals surface area contributed by atoms with Gasteiger partial charge in [-0.2, -0.15) is 11.8 Å². The number of rotatable bonds is 7. The summed E-state index contributed by atoms with van der Waals surface area (Å²) in [5, 5.41) is 3.51. The average molecular weight is 324 g/mol. The molecular weight excluding hydrogens is 298 g/mol. The number of hydrogen-bond acceptors (Lipinski definition) is 4. The molecule has 0 aromatic carbocycles. The first-order chi connectivity index (χ1) is 10.1. The zero-order valence-corrected chi connectivity index (χ0v) is 14.6. The maximum Gasteiger partial charge on any atom is 0.136 e. The first-order valence-corrected chi connectivity index (χ1v) is 9.35. The van der Waals surface area contributed by atoms with Crippen molar-refractivity contribution < 1.29 is 0 Å². The molecule has 1 aliphatic rings. The Morgan fingerprint density at radius 1 is 1.48 bits per heavy atom. The SMILES string of the molecule is CCSCCC(C)Nc1nc2c(cc1C(N)=S)CCCC2. The van der Waals surface area contributed by atoms with E-state index in [1.54, 1.807) is 0 Å². The van der Waals surface area contributed by atoms with E-state index >= 15 is 0 Å². The van der Waals surface area contributed by atoms with Gasteiger partial charge in [-0.25, -0.2) is 4.98 Å². The van der Waals surface area contributed by atoms with E-state index in [1.807, 2.05) is 11.8 Å². The molecule has 0 amide bonds. The second-order valence-electron chi connectivity index (χ2n) is 5.59. The molecule has 1 atom stereocenters. The molecule has 0 saturated heterocycles. The molecule has 1 unspecified atom stereocenters. The van der Waals surface area contributed by atoms with Gasteiger partial charge in [-0.3, -0.25) is 0 Å². The van der Waals surface area contributed by atoms with Crippen molar-refractivity contribution in [3.8, 4) is 0 Å². The Kier molecular flexibility index (Phi) is 6.30. The number of aromatic nitrogens is 1. The van der Waals surface area contributed by atoms with Crippen molar-refractivity contribution in [2.75, 3.05) is 16.8 Å². The van der Waals surface area contributed by atoms with Crippen LogP contribution in [-0.2, 0) is 12.8 Å². The quantitative estimate of drug-likeness (QED) is 0.594. The molecule has 116 valence electrons. The normalized spacial score (nSPS) is 15.3. The van der Waals surface area contributed by atoms with Crippen molar-refractivity contribution in [2.24, 2.45) is 5.73 Å². The largest absolute Gasteiger partial charge is 0.389 e. The number of thiocarbonyl (C=S) groups is 1. The van der Waals surface area contributed by atoms with Crippen LogP contribution in [0.2, 0.25) is 0 Å². The molecule has 0 spiro atoms. The number of nitrogens with zero attached hydrogens (tertiary/aromatic N) is 1. The van der Waals surface area contributed by atoms with Gasteiger partial charge in [0.25, 0.3) is 0 Å². The maximum absolute atomic E-state index is 5.89. The third-order valence-electron chi connectivity index (χ3n) is 3.85. The number of nitrogens with two attached hydrogens (primary N) is 1. The standard InChI is InChI=1S/C16H25N3S2/c1-3-21-9-8-11(2)18-16-13(15(17)20)10-12-6-4-5-7-14(12)19-16/h10-11H,3-9H2,1-2H3,(H2,17,20)(H,18,19). The van der Waals surface area contributed by atoms with E-state index in [0.29, 0.717) is 11.0 Å². The van der Waals surface area contributed by atoms with Gasteiger partial charge in [0.05, 0.1) is 5.56 Å². The smallest absolute Gasteiger partial charge is 0.136 e. The number of pyridine rings is 1. The van der Waals surface area contributed by atoms with Gasteiger partial charge in [0.15, 0.2) is 0 Å². The van der Waals surface area contributed by atoms with Crippen LogP contribution >= 0.6 is 24.0 Å². The van der Waals surface area contributed by atoms with Crippen LogP contribution in [0.25, 0.3) is 0 Å². The molecule has 5 heteroatoms. The lowest BCUT2D eigenvalue weighted by Crippen LogP contribution is -2.23. The predicted molar refractivity (Wildman–Crippen MR) is 97.5 cm³/mol. The molecule has 0 bridgehead atoms. The van der Waals surface area contributed by atoms with E-state index in [-0.39, 0.29) is 0 Å². The van der Waals surface area contributed by atoms with E-state index in [2.05, 4.69) is 25.2 Å². The summed E-state index contributed by atoms with van der Waals surface area (Å²) in [5.74, 6) is 3.21. The summed E-state index contributed by atoms with van der Waals surface area (Å²) in [4.78, 5) is 5.26. The topological polar surface area (TPSA) is 50.9 Å². The summed E-state index contributed by atoms with van der Waals surface area (Å²) in [5.41, 5.74) is 9.34. The van der Waals surface area contributed by atoms with Crippen molar-refractivity contribution in [3.05, 3.63) is 22.9 Å². The van der Waals surface area contributed by atoms with Crippen molar-refractivity contribution in [1.29, 1.82) is 0 Å². The van der Waals surface area contributed by atoms with Gasteiger partial charge in [0.2, 0.25) is 0 Å². The highest BCUT2D eigenvalue weighted by Crippen LogP contribution is 2.25. The van der Waals surface area contributed by atoms with Gasteiger partial charge in [-0.15, -0.1) is 0 Å². The second-order valence-corrected chi connectivity index (χ2v) is 7.43. The van der Waals surface area contributed by atoms with Crippen molar-refractivity contribution in [1.82, 2.24) is 4.98 Å². The van der Waals surface area contributed by atoms with E-state index in [0.717, 1.165) is 36.4 Å². The molecule has 3 nitrogen and oxygen atoms in total. The summed E-state index contributed by atoms with van der Waals surface area (Å²) in [6, 6.07) is 2.53. The summed E-state index contributed by atoms with van der Waals surface area (Å²) in [7, 11) is 0. The van der Waals surface area contributed by atoms with Gasteiger partial charge in [0.1, 0.15) is 10.8 Å². The fraction of sp³-hybridized carbons (Fsp3) is 0.625. The Labute approximate surface area is 137 Å². The Morgan fingerprint density at radius 3 is 2.95 bits per heavy atom. The van der Waals surface area contributed by atoms with Crippen LogP contribution in [0.15, 0.2) is 6.07 Å². The molecular formula is C16H25N3S2. The number of nitrogens with one attached hydrogen (secondary N) is 1. The first kappa shape index (κ1) is 16.6. The summed E-state index contributed by atoms with van der Waals surface area (Å²) >= 11 is 7.18. The predicted octanol–water partition coefficient (Wildman–Crippen LogP) is 3.54. The van der Waals surface area contributed by atoms with Crippen molar-refractivity contribution in [2.45, 2.75) is 52.0 Å². The molecule has 0 aliphatic heterocycles. The molecule has 1 aliphatic carbocycles. The maximum atomic E-state index is 5.89. The van der Waals surface area contributed by atoms with E-state index in [9.17, 15) is 0 Å². The van der Waals surface area contributed by atoms with Gasteiger partial charge in [0, 0.05) is 11.7 Å². The lowest BCUT2D eigenvalue weighted by Gasteiger charge is -2.21. The van der Waals surface area contributed by atoms with Crippen LogP contribution < -0.4 is 11.1 Å². The molecule has 3 N–H and O–H groups in total. The number of thioether (sulfide) groups is 1. The van der Waals surface area contributed by atoms with Crippen molar-refractivity contribution >= 4 is 34.8 Å². The molecule has 0 fully saturated rings. The zero-order chi connectivity index (χ0) is 15.2. The van der Waals surface area contributed by atoms with E-state index in [1.165, 1.54) is 29.9 Å². The number of hydrogen-bond donors (Lipinski definition) is 2. The second kappa shape index (κ2) is 7.99. The minimum Gasteiger partial charge on any atom is -0.389 e. The Balaban J connectivity index is 2.14. The molecule has 0 radical (unpaired) electrons. The fourth-order valence-corrected chi connectivity index (χ4v) is 3.61. The molecule has 1 aromatic rings.